The van der Waals surface area contributed by atoms with Gasteiger partial charge in [-0.3, -0.25) is 0 Å². The van der Waals surface area contributed by atoms with Gasteiger partial charge >= 0.3 is 0 Å². The second-order valence-corrected chi connectivity index (χ2v) is 2.56. The van der Waals surface area contributed by atoms with Crippen LogP contribution in [0, 0.1) is 6.92 Å². The van der Waals surface area contributed by atoms with Gasteiger partial charge in [0.1, 0.15) is 11.5 Å². The number of para-hydroxylation sites is 1. The molecule has 0 saturated carbocycles. The molecule has 0 saturated heterocycles. The van der Waals surface area contributed by atoms with Crippen molar-refractivity contribution >= 4 is 0 Å². The molecular formula is C11H12O2. The van der Waals surface area contributed by atoms with Crippen molar-refractivity contribution in [1.29, 1.82) is 0 Å². The van der Waals surface area contributed by atoms with Crippen molar-refractivity contribution in [3.05, 3.63) is 54.5 Å². The van der Waals surface area contributed by atoms with Gasteiger partial charge in [-0.05, 0) is 31.2 Å². The molecule has 2 nitrogen and oxygen atoms in total. The molecule has 1 heterocycles. The third-order valence-corrected chi connectivity index (χ3v) is 1.42. The van der Waals surface area contributed by atoms with Crippen molar-refractivity contribution in [3.8, 4) is 5.75 Å². The smallest absolute Gasteiger partial charge is 0.115 e. The molecule has 0 bridgehead atoms. The zero-order chi connectivity index (χ0) is 9.52. The van der Waals surface area contributed by atoms with Gasteiger partial charge in [0.15, 0.2) is 0 Å². The Morgan fingerprint density at radius 1 is 1.00 bits per heavy atom. The lowest BCUT2D eigenvalue weighted by molar-refractivity contribution is 0.475. The second kappa shape index (κ2) is 5.04. The Labute approximate surface area is 77.4 Å². The second-order valence-electron chi connectivity index (χ2n) is 2.56. The number of hydrogen-bond donors (Lipinski definition) is 1. The monoisotopic (exact) mass is 176 g/mol. The average Bonchev–Trinajstić information content (AvgIpc) is 2.58. The predicted octanol–water partition coefficient (Wildman–Crippen LogP) is 2.98. The van der Waals surface area contributed by atoms with E-state index in [0.29, 0.717) is 5.75 Å². The normalized spacial score (nSPS) is 8.69. The van der Waals surface area contributed by atoms with Crippen LogP contribution < -0.4 is 0 Å². The van der Waals surface area contributed by atoms with Gasteiger partial charge in [0, 0.05) is 0 Å². The largest absolute Gasteiger partial charge is 0.508 e. The first-order valence-electron chi connectivity index (χ1n) is 4.03. The zero-order valence-corrected chi connectivity index (χ0v) is 7.47. The van der Waals surface area contributed by atoms with Gasteiger partial charge in [0.05, 0.1) is 6.26 Å². The standard InChI is InChI=1S/C6H6O.C5H6O/c7-6-4-2-1-3-5-6;1-5-3-2-4-6-5/h1-5,7H;2-4H,1H3. The minimum atomic E-state index is 0.322. The Hall–Kier alpha value is -1.70. The fourth-order valence-electron chi connectivity index (χ4n) is 0.789. The van der Waals surface area contributed by atoms with Crippen LogP contribution in [0.4, 0.5) is 0 Å². The summed E-state index contributed by atoms with van der Waals surface area (Å²) in [5.41, 5.74) is 0. The highest BCUT2D eigenvalue weighted by molar-refractivity contribution is 5.18. The number of benzene rings is 1. The molecule has 1 N–H and O–H groups in total. The van der Waals surface area contributed by atoms with Gasteiger partial charge in [-0.15, -0.1) is 0 Å². The van der Waals surface area contributed by atoms with Gasteiger partial charge in [0.25, 0.3) is 0 Å². The summed E-state index contributed by atoms with van der Waals surface area (Å²) in [6, 6.07) is 12.5. The summed E-state index contributed by atoms with van der Waals surface area (Å²) >= 11 is 0. The van der Waals surface area contributed by atoms with Crippen molar-refractivity contribution in [2.75, 3.05) is 0 Å². The summed E-state index contributed by atoms with van der Waals surface area (Å²) in [7, 11) is 0. The lowest BCUT2D eigenvalue weighted by Crippen LogP contribution is -1.56. The molecule has 68 valence electrons. The predicted molar refractivity (Wildman–Crippen MR) is 51.6 cm³/mol. The van der Waals surface area contributed by atoms with Gasteiger partial charge in [-0.1, -0.05) is 18.2 Å². The topological polar surface area (TPSA) is 33.4 Å². The van der Waals surface area contributed by atoms with Crippen LogP contribution >= 0.6 is 0 Å². The number of aromatic hydroxyl groups is 1. The molecule has 0 amide bonds. The highest BCUT2D eigenvalue weighted by atomic mass is 16.3. The Morgan fingerprint density at radius 3 is 1.92 bits per heavy atom. The molecule has 1 aromatic carbocycles. The fourth-order valence-corrected chi connectivity index (χ4v) is 0.789. The average molecular weight is 176 g/mol. The summed E-state index contributed by atoms with van der Waals surface area (Å²) in [6.07, 6.45) is 1.66. The molecule has 0 unspecified atom stereocenters. The maximum Gasteiger partial charge on any atom is 0.115 e. The maximum atomic E-state index is 8.63. The van der Waals surface area contributed by atoms with Crippen molar-refractivity contribution in [1.82, 2.24) is 0 Å². The number of aryl methyl sites for hydroxylation is 1. The molecule has 0 aliphatic rings. The molecule has 0 aliphatic carbocycles. The van der Waals surface area contributed by atoms with E-state index in [0.717, 1.165) is 5.76 Å². The van der Waals surface area contributed by atoms with E-state index in [1.54, 1.807) is 30.5 Å². The number of rotatable bonds is 0. The van der Waals surface area contributed by atoms with Crippen molar-refractivity contribution in [3.63, 3.8) is 0 Å². The Balaban J connectivity index is 0.000000132. The van der Waals surface area contributed by atoms with Crippen LogP contribution in [0.2, 0.25) is 0 Å². The minimum absolute atomic E-state index is 0.322. The minimum Gasteiger partial charge on any atom is -0.508 e. The van der Waals surface area contributed by atoms with E-state index in [1.165, 1.54) is 0 Å². The maximum absolute atomic E-state index is 8.63. The fraction of sp³-hybridized carbons (Fsp3) is 0.0909. The molecule has 0 fully saturated rings. The van der Waals surface area contributed by atoms with Crippen LogP contribution in [0.25, 0.3) is 0 Å². The lowest BCUT2D eigenvalue weighted by atomic mass is 10.3. The third kappa shape index (κ3) is 4.01. The van der Waals surface area contributed by atoms with E-state index in [2.05, 4.69) is 0 Å². The highest BCUT2D eigenvalue weighted by Crippen LogP contribution is 2.02. The molecular weight excluding hydrogens is 164 g/mol. The zero-order valence-electron chi connectivity index (χ0n) is 7.47. The quantitative estimate of drug-likeness (QED) is 0.669. The summed E-state index contributed by atoms with van der Waals surface area (Å²) < 4.78 is 4.83. The van der Waals surface area contributed by atoms with Gasteiger partial charge in [0.2, 0.25) is 0 Å². The van der Waals surface area contributed by atoms with Gasteiger partial charge < -0.3 is 9.52 Å². The van der Waals surface area contributed by atoms with Crippen LogP contribution in [0.1, 0.15) is 5.76 Å². The molecule has 1 aromatic heterocycles. The van der Waals surface area contributed by atoms with Crippen LogP contribution in [0.3, 0.4) is 0 Å². The van der Waals surface area contributed by atoms with E-state index < -0.39 is 0 Å². The number of phenols is 1. The third-order valence-electron chi connectivity index (χ3n) is 1.42. The van der Waals surface area contributed by atoms with E-state index in [-0.39, 0.29) is 0 Å². The van der Waals surface area contributed by atoms with Crippen LogP contribution in [0.5, 0.6) is 5.75 Å². The number of hydrogen-bond acceptors (Lipinski definition) is 2. The van der Waals surface area contributed by atoms with Crippen molar-refractivity contribution in [2.45, 2.75) is 6.92 Å². The molecule has 13 heavy (non-hydrogen) atoms. The summed E-state index contributed by atoms with van der Waals surface area (Å²) in [6.45, 7) is 1.92. The number of furan rings is 1. The molecule has 0 aliphatic heterocycles. The van der Waals surface area contributed by atoms with E-state index in [9.17, 15) is 0 Å². The van der Waals surface area contributed by atoms with Crippen LogP contribution in [-0.2, 0) is 0 Å². The first kappa shape index (κ1) is 9.39. The first-order valence-corrected chi connectivity index (χ1v) is 4.03. The SMILES string of the molecule is Cc1ccco1.Oc1ccccc1. The molecule has 0 atom stereocenters. The molecule has 0 spiro atoms. The van der Waals surface area contributed by atoms with E-state index in [4.69, 9.17) is 9.52 Å². The van der Waals surface area contributed by atoms with Crippen LogP contribution in [-0.4, -0.2) is 5.11 Å². The molecule has 2 aromatic rings. The molecule has 0 radical (unpaired) electrons. The lowest BCUT2D eigenvalue weighted by Gasteiger charge is -1.82. The molecule has 2 heteroatoms. The van der Waals surface area contributed by atoms with Crippen molar-refractivity contribution < 1.29 is 9.52 Å². The Morgan fingerprint density at radius 2 is 1.69 bits per heavy atom. The summed E-state index contributed by atoms with van der Waals surface area (Å²) in [5, 5.41) is 8.63. The van der Waals surface area contributed by atoms with E-state index >= 15 is 0 Å². The Bertz CT molecular complexity index is 311. The van der Waals surface area contributed by atoms with Gasteiger partial charge in [-0.25, -0.2) is 0 Å². The van der Waals surface area contributed by atoms with Crippen LogP contribution in [0.15, 0.2) is 53.1 Å². The first-order chi connectivity index (χ1) is 6.29. The van der Waals surface area contributed by atoms with Crippen molar-refractivity contribution in [2.24, 2.45) is 0 Å². The van der Waals surface area contributed by atoms with Gasteiger partial charge in [-0.2, -0.15) is 0 Å². The summed E-state index contributed by atoms with van der Waals surface area (Å²) in [5.74, 6) is 1.29. The summed E-state index contributed by atoms with van der Waals surface area (Å²) in [4.78, 5) is 0. The highest BCUT2D eigenvalue weighted by Gasteiger charge is 1.76. The van der Waals surface area contributed by atoms with E-state index in [1.807, 2.05) is 25.1 Å². The Kier molecular flexibility index (Phi) is 3.64. The molecule has 2 rings (SSSR count). The number of phenolic OH excluding ortho intramolecular Hbond substituents is 1.